The van der Waals surface area contributed by atoms with Gasteiger partial charge in [0, 0.05) is 11.8 Å². The lowest BCUT2D eigenvalue weighted by Crippen LogP contribution is -2.26. The van der Waals surface area contributed by atoms with Crippen molar-refractivity contribution in [2.24, 2.45) is 22.7 Å². The second-order valence-corrected chi connectivity index (χ2v) is 9.32. The normalized spacial score (nSPS) is 21.3. The van der Waals surface area contributed by atoms with Crippen LogP contribution < -0.4 is 0 Å². The molecule has 1 nitrogen and oxygen atoms in total. The number of ketones is 1. The summed E-state index contributed by atoms with van der Waals surface area (Å²) in [6.45, 7) is 21.8. The van der Waals surface area contributed by atoms with Crippen LogP contribution in [0.5, 0.6) is 0 Å². The Labute approximate surface area is 147 Å². The van der Waals surface area contributed by atoms with Gasteiger partial charge in [-0.1, -0.05) is 72.4 Å². The van der Waals surface area contributed by atoms with Gasteiger partial charge in [0.05, 0.1) is 0 Å². The highest BCUT2D eigenvalue weighted by molar-refractivity contribution is 6.08. The van der Waals surface area contributed by atoms with E-state index in [1.165, 1.54) is 16.7 Å². The second-order valence-electron chi connectivity index (χ2n) is 9.32. The van der Waals surface area contributed by atoms with Crippen molar-refractivity contribution in [3.05, 3.63) is 58.7 Å². The average molecular weight is 325 g/mol. The molecule has 0 aromatic carbocycles. The Morgan fingerprint density at radius 3 is 1.42 bits per heavy atom. The molecule has 0 bridgehead atoms. The lowest BCUT2D eigenvalue weighted by atomic mass is 9.67. The molecule has 0 aromatic rings. The maximum atomic E-state index is 12.1. The van der Waals surface area contributed by atoms with Gasteiger partial charge in [0.15, 0.2) is 5.78 Å². The molecule has 0 N–H and O–H groups in total. The predicted molar refractivity (Wildman–Crippen MR) is 104 cm³/mol. The molecule has 0 saturated carbocycles. The first-order chi connectivity index (χ1) is 10.8. The fourth-order valence-electron chi connectivity index (χ4n) is 3.72. The highest BCUT2D eigenvalue weighted by Gasteiger charge is 2.33. The molecule has 0 atom stereocenters. The predicted octanol–water partition coefficient (Wildman–Crippen LogP) is 6.21. The first-order valence-electron chi connectivity index (χ1n) is 8.88. The van der Waals surface area contributed by atoms with Crippen molar-refractivity contribution in [1.29, 1.82) is 0 Å². The van der Waals surface area contributed by atoms with Crippen molar-refractivity contribution >= 4 is 5.78 Å². The van der Waals surface area contributed by atoms with E-state index in [4.69, 9.17) is 0 Å². The number of allylic oxidation sites excluding steroid dienone is 9. The molecule has 0 aliphatic heterocycles. The molecule has 0 aromatic heterocycles. The van der Waals surface area contributed by atoms with E-state index < -0.39 is 0 Å². The molecule has 0 radical (unpaired) electrons. The molecule has 24 heavy (non-hydrogen) atoms. The van der Waals surface area contributed by atoms with E-state index in [-0.39, 0.29) is 28.4 Å². The van der Waals surface area contributed by atoms with Crippen LogP contribution in [0.1, 0.15) is 55.4 Å². The van der Waals surface area contributed by atoms with Crippen LogP contribution in [0.25, 0.3) is 0 Å². The fourth-order valence-corrected chi connectivity index (χ4v) is 3.72. The molecule has 2 aliphatic rings. The zero-order valence-electron chi connectivity index (χ0n) is 16.6. The summed E-state index contributed by atoms with van der Waals surface area (Å²) in [5.41, 5.74) is 5.66. The van der Waals surface area contributed by atoms with Crippen LogP contribution in [0.2, 0.25) is 0 Å². The Hall–Kier alpha value is -1.63. The van der Waals surface area contributed by atoms with Crippen LogP contribution in [-0.2, 0) is 4.79 Å². The van der Waals surface area contributed by atoms with E-state index in [0.29, 0.717) is 0 Å². The molecule has 0 heterocycles. The molecule has 0 amide bonds. The van der Waals surface area contributed by atoms with Gasteiger partial charge in [-0.25, -0.2) is 0 Å². The van der Waals surface area contributed by atoms with Gasteiger partial charge in [-0.05, 0) is 52.5 Å². The van der Waals surface area contributed by atoms with Crippen LogP contribution in [0, 0.1) is 22.7 Å². The van der Waals surface area contributed by atoms with E-state index in [1.54, 1.807) is 0 Å². The van der Waals surface area contributed by atoms with Crippen molar-refractivity contribution in [3.8, 4) is 0 Å². The van der Waals surface area contributed by atoms with Gasteiger partial charge in [-0.15, -0.1) is 0 Å². The zero-order chi connectivity index (χ0) is 18.4. The molecule has 0 saturated heterocycles. The van der Waals surface area contributed by atoms with Crippen molar-refractivity contribution in [2.75, 3.05) is 0 Å². The summed E-state index contributed by atoms with van der Waals surface area (Å²) in [5.74, 6) is 0.689. The number of carbonyl (C=O) groups excluding carboxylic acids is 1. The van der Waals surface area contributed by atoms with E-state index in [0.717, 1.165) is 11.1 Å². The lowest BCUT2D eigenvalue weighted by Gasteiger charge is -2.38. The highest BCUT2D eigenvalue weighted by Crippen LogP contribution is 2.46. The average Bonchev–Trinajstić information content (AvgIpc) is 2.41. The molecule has 0 spiro atoms. The summed E-state index contributed by atoms with van der Waals surface area (Å²) in [4.78, 5) is 12.1. The van der Waals surface area contributed by atoms with Gasteiger partial charge in [0.1, 0.15) is 0 Å². The monoisotopic (exact) mass is 324 g/mol. The van der Waals surface area contributed by atoms with Crippen LogP contribution in [0.4, 0.5) is 0 Å². The minimum Gasteiger partial charge on any atom is -0.289 e. The largest absolute Gasteiger partial charge is 0.289 e. The lowest BCUT2D eigenvalue weighted by molar-refractivity contribution is -0.112. The third-order valence-electron chi connectivity index (χ3n) is 5.03. The van der Waals surface area contributed by atoms with Crippen molar-refractivity contribution in [2.45, 2.75) is 55.4 Å². The third-order valence-corrected chi connectivity index (χ3v) is 5.03. The Kier molecular flexibility index (Phi) is 4.69. The topological polar surface area (TPSA) is 17.1 Å². The number of Topliss-reactive ketones (excluding diaryl/α,β-unsaturated/α-hetero) is 1. The van der Waals surface area contributed by atoms with Crippen LogP contribution in [0.3, 0.4) is 0 Å². The maximum Gasteiger partial charge on any atom is 0.183 e. The van der Waals surface area contributed by atoms with E-state index in [2.05, 4.69) is 72.4 Å². The van der Waals surface area contributed by atoms with Gasteiger partial charge in [-0.2, -0.15) is 0 Å². The number of rotatable bonds is 1. The van der Waals surface area contributed by atoms with Crippen molar-refractivity contribution in [3.63, 3.8) is 0 Å². The van der Waals surface area contributed by atoms with Crippen LogP contribution >= 0.6 is 0 Å². The van der Waals surface area contributed by atoms with Gasteiger partial charge in [0.25, 0.3) is 0 Å². The molecule has 2 rings (SSSR count). The summed E-state index contributed by atoms with van der Waals surface area (Å²) < 4.78 is 0. The summed E-state index contributed by atoms with van der Waals surface area (Å²) >= 11 is 0. The fraction of sp³-hybridized carbons (Fsp3) is 0.522. The number of hydrogen-bond donors (Lipinski definition) is 0. The molecule has 1 heteroatoms. The van der Waals surface area contributed by atoms with E-state index >= 15 is 0 Å². The summed E-state index contributed by atoms with van der Waals surface area (Å²) in [6, 6.07) is 0. The first kappa shape index (κ1) is 18.7. The maximum absolute atomic E-state index is 12.1. The highest BCUT2D eigenvalue weighted by atomic mass is 16.1. The standard InChI is InChI=1S/C23H32O/c1-14-10-17(11-15(2)21(14)24)18-12-19(22(4,5)6)16(3)20(13-18)23(7,8)9/h10-13,17-18H,3H2,1-2,4-9H3. The van der Waals surface area contributed by atoms with Gasteiger partial charge in [-0.3, -0.25) is 4.79 Å². The molecule has 0 fully saturated rings. The minimum atomic E-state index is 0.0576. The summed E-state index contributed by atoms with van der Waals surface area (Å²) in [7, 11) is 0. The molecule has 130 valence electrons. The summed E-state index contributed by atoms with van der Waals surface area (Å²) in [6.07, 6.45) is 8.99. The first-order valence-corrected chi connectivity index (χ1v) is 8.88. The van der Waals surface area contributed by atoms with E-state index in [1.807, 2.05) is 13.8 Å². The van der Waals surface area contributed by atoms with Gasteiger partial charge >= 0.3 is 0 Å². The molecule has 0 unspecified atom stereocenters. The molecule has 2 aliphatic carbocycles. The van der Waals surface area contributed by atoms with Gasteiger partial charge in [0.2, 0.25) is 0 Å². The van der Waals surface area contributed by atoms with Crippen LogP contribution in [-0.4, -0.2) is 5.78 Å². The van der Waals surface area contributed by atoms with Gasteiger partial charge < -0.3 is 0 Å². The Morgan fingerprint density at radius 1 is 0.750 bits per heavy atom. The van der Waals surface area contributed by atoms with Crippen molar-refractivity contribution in [1.82, 2.24) is 0 Å². The minimum absolute atomic E-state index is 0.0576. The van der Waals surface area contributed by atoms with Crippen LogP contribution in [0.15, 0.2) is 58.7 Å². The Bertz CT molecular complexity index is 637. The molecular formula is C23H32O. The second kappa shape index (κ2) is 6.02. The molecular weight excluding hydrogens is 292 g/mol. The number of hydrogen-bond acceptors (Lipinski definition) is 1. The smallest absolute Gasteiger partial charge is 0.183 e. The van der Waals surface area contributed by atoms with E-state index in [9.17, 15) is 4.79 Å². The zero-order valence-corrected chi connectivity index (χ0v) is 16.6. The quantitative estimate of drug-likeness (QED) is 0.560. The number of carbonyl (C=O) groups is 1. The third kappa shape index (κ3) is 3.55. The summed E-state index contributed by atoms with van der Waals surface area (Å²) in [5, 5.41) is 0. The Balaban J connectivity index is 2.55. The Morgan fingerprint density at radius 2 is 1.08 bits per heavy atom. The SMILES string of the molecule is C=C1C(C(C)(C)C)=CC(C2C=C(C)C(=O)C(C)=C2)C=C1C(C)(C)C. The van der Waals surface area contributed by atoms with Crippen molar-refractivity contribution < 1.29 is 4.79 Å².